The number of halogens is 1. The van der Waals surface area contributed by atoms with Crippen LogP contribution in [0.1, 0.15) is 17.2 Å². The molecule has 1 atom stereocenters. The number of amides is 1. The maximum Gasteiger partial charge on any atom is 0.246 e. The van der Waals surface area contributed by atoms with Crippen LogP contribution < -0.4 is 11.1 Å². The summed E-state index contributed by atoms with van der Waals surface area (Å²) in [6.07, 6.45) is 0. The van der Waals surface area contributed by atoms with Gasteiger partial charge in [0, 0.05) is 10.6 Å². The van der Waals surface area contributed by atoms with Crippen LogP contribution in [0, 0.1) is 6.92 Å². The van der Waals surface area contributed by atoms with E-state index in [-0.39, 0.29) is 5.91 Å². The lowest BCUT2D eigenvalue weighted by molar-refractivity contribution is -0.116. The maximum absolute atomic E-state index is 11.2. The molecule has 0 aliphatic carbocycles. The van der Waals surface area contributed by atoms with Crippen molar-refractivity contribution in [1.82, 2.24) is 0 Å². The van der Waals surface area contributed by atoms with Gasteiger partial charge in [-0.3, -0.25) is 4.79 Å². The zero-order chi connectivity index (χ0) is 9.59. The lowest BCUT2D eigenvalue weighted by atomic mass is 10.1. The highest BCUT2D eigenvalue weighted by molar-refractivity contribution is 6.32. The van der Waals surface area contributed by atoms with Gasteiger partial charge in [-0.05, 0) is 18.6 Å². The summed E-state index contributed by atoms with van der Waals surface area (Å²) >= 11 is 5.93. The summed E-state index contributed by atoms with van der Waals surface area (Å²) in [5.74, 6) is -0.189. The number of aryl methyl sites for hydroxylation is 1. The smallest absolute Gasteiger partial charge is 0.246 e. The second-order valence-corrected chi connectivity index (χ2v) is 3.53. The first-order valence-corrected chi connectivity index (χ1v) is 4.34. The Morgan fingerprint density at radius 3 is 2.85 bits per heavy atom. The van der Waals surface area contributed by atoms with Gasteiger partial charge in [0.2, 0.25) is 5.91 Å². The molecule has 0 saturated carbocycles. The van der Waals surface area contributed by atoms with Gasteiger partial charge in [0.15, 0.2) is 0 Å². The van der Waals surface area contributed by atoms with Crippen LogP contribution in [0.15, 0.2) is 12.1 Å². The van der Waals surface area contributed by atoms with Crippen LogP contribution >= 0.6 is 11.6 Å². The molecule has 0 fully saturated rings. The van der Waals surface area contributed by atoms with Gasteiger partial charge in [0.25, 0.3) is 0 Å². The molecule has 0 radical (unpaired) electrons. The van der Waals surface area contributed by atoms with Crippen molar-refractivity contribution >= 4 is 23.2 Å². The molecule has 3 N–H and O–H groups in total. The topological polar surface area (TPSA) is 55.1 Å². The number of fused-ring (bicyclic) bond motifs is 1. The Hall–Kier alpha value is -1.06. The number of hydrogen-bond acceptors (Lipinski definition) is 2. The third kappa shape index (κ3) is 1.12. The van der Waals surface area contributed by atoms with Gasteiger partial charge >= 0.3 is 0 Å². The molecule has 4 heteroatoms. The molecule has 1 aliphatic heterocycles. The Balaban J connectivity index is 2.68. The average Bonchev–Trinajstić information content (AvgIpc) is 2.38. The predicted octanol–water partition coefficient (Wildman–Crippen LogP) is 1.60. The SMILES string of the molecule is Cc1ccc(Cl)c2c1NC(=O)C2N. The molecule has 0 aromatic heterocycles. The first-order chi connectivity index (χ1) is 6.11. The van der Waals surface area contributed by atoms with Crippen LogP contribution in [0.4, 0.5) is 5.69 Å². The molecule has 0 spiro atoms. The molecule has 1 unspecified atom stereocenters. The monoisotopic (exact) mass is 196 g/mol. The summed E-state index contributed by atoms with van der Waals surface area (Å²) < 4.78 is 0. The van der Waals surface area contributed by atoms with Crippen molar-refractivity contribution in [3.8, 4) is 0 Å². The number of nitrogens with one attached hydrogen (secondary N) is 1. The molecule has 1 aromatic rings. The Morgan fingerprint density at radius 2 is 2.23 bits per heavy atom. The lowest BCUT2D eigenvalue weighted by Gasteiger charge is -2.05. The molecule has 0 bridgehead atoms. The van der Waals surface area contributed by atoms with Gasteiger partial charge in [-0.2, -0.15) is 0 Å². The molecule has 0 saturated heterocycles. The van der Waals surface area contributed by atoms with Gasteiger partial charge in [-0.25, -0.2) is 0 Å². The standard InChI is InChI=1S/C9H9ClN2O/c1-4-2-3-5(10)6-7(11)9(13)12-8(4)6/h2-3,7H,11H2,1H3,(H,12,13). The molecule has 1 heterocycles. The largest absolute Gasteiger partial charge is 0.324 e. The van der Waals surface area contributed by atoms with E-state index in [0.29, 0.717) is 10.6 Å². The van der Waals surface area contributed by atoms with E-state index in [9.17, 15) is 4.79 Å². The van der Waals surface area contributed by atoms with Crippen molar-refractivity contribution in [1.29, 1.82) is 0 Å². The number of anilines is 1. The van der Waals surface area contributed by atoms with Crippen molar-refractivity contribution in [2.75, 3.05) is 5.32 Å². The lowest BCUT2D eigenvalue weighted by Crippen LogP contribution is -2.19. The molecule has 2 rings (SSSR count). The van der Waals surface area contributed by atoms with E-state index in [1.165, 1.54) is 0 Å². The van der Waals surface area contributed by atoms with Crippen molar-refractivity contribution in [2.45, 2.75) is 13.0 Å². The fourth-order valence-corrected chi connectivity index (χ4v) is 1.78. The fraction of sp³-hybridized carbons (Fsp3) is 0.222. The third-order valence-electron chi connectivity index (χ3n) is 2.24. The van der Waals surface area contributed by atoms with Crippen molar-refractivity contribution in [2.24, 2.45) is 5.73 Å². The van der Waals surface area contributed by atoms with Crippen LogP contribution in [0.5, 0.6) is 0 Å². The first kappa shape index (κ1) is 8.53. The summed E-state index contributed by atoms with van der Waals surface area (Å²) in [6.45, 7) is 1.91. The highest BCUT2D eigenvalue weighted by atomic mass is 35.5. The van der Waals surface area contributed by atoms with Crippen LogP contribution in [0.3, 0.4) is 0 Å². The third-order valence-corrected chi connectivity index (χ3v) is 2.57. The second-order valence-electron chi connectivity index (χ2n) is 3.12. The average molecular weight is 197 g/mol. The van der Waals surface area contributed by atoms with E-state index in [1.54, 1.807) is 6.07 Å². The normalized spacial score (nSPS) is 19.9. The number of rotatable bonds is 0. The Labute approximate surface area is 80.9 Å². The van der Waals surface area contributed by atoms with E-state index < -0.39 is 6.04 Å². The van der Waals surface area contributed by atoms with Gasteiger partial charge in [0.05, 0.1) is 5.69 Å². The van der Waals surface area contributed by atoms with E-state index in [1.807, 2.05) is 13.0 Å². The number of hydrogen-bond donors (Lipinski definition) is 2. The summed E-state index contributed by atoms with van der Waals surface area (Å²) in [5.41, 5.74) is 8.13. The van der Waals surface area contributed by atoms with Gasteiger partial charge < -0.3 is 11.1 Å². The van der Waals surface area contributed by atoms with Gasteiger partial charge in [0.1, 0.15) is 6.04 Å². The molecular weight excluding hydrogens is 188 g/mol. The summed E-state index contributed by atoms with van der Waals surface area (Å²) in [5, 5.41) is 3.26. The maximum atomic E-state index is 11.2. The van der Waals surface area contributed by atoms with Crippen molar-refractivity contribution < 1.29 is 4.79 Å². The predicted molar refractivity (Wildman–Crippen MR) is 51.7 cm³/mol. The molecule has 1 amide bonds. The fourth-order valence-electron chi connectivity index (χ4n) is 1.51. The van der Waals surface area contributed by atoms with Gasteiger partial charge in [-0.15, -0.1) is 0 Å². The number of carbonyl (C=O) groups excluding carboxylic acids is 1. The first-order valence-electron chi connectivity index (χ1n) is 3.96. The molecular formula is C9H9ClN2O. The molecule has 1 aromatic carbocycles. The summed E-state index contributed by atoms with van der Waals surface area (Å²) in [4.78, 5) is 11.2. The molecule has 68 valence electrons. The zero-order valence-corrected chi connectivity index (χ0v) is 7.85. The minimum Gasteiger partial charge on any atom is -0.324 e. The van der Waals surface area contributed by atoms with Crippen molar-refractivity contribution in [3.05, 3.63) is 28.3 Å². The van der Waals surface area contributed by atoms with Crippen LogP contribution in [0.25, 0.3) is 0 Å². The minimum absolute atomic E-state index is 0.189. The number of nitrogens with two attached hydrogens (primary N) is 1. The summed E-state index contributed by atoms with van der Waals surface area (Å²) in [7, 11) is 0. The number of benzene rings is 1. The zero-order valence-electron chi connectivity index (χ0n) is 7.10. The number of carbonyl (C=O) groups is 1. The van der Waals surface area contributed by atoms with E-state index >= 15 is 0 Å². The van der Waals surface area contributed by atoms with Crippen molar-refractivity contribution in [3.63, 3.8) is 0 Å². The van der Waals surface area contributed by atoms with E-state index in [0.717, 1.165) is 11.3 Å². The Bertz CT molecular complexity index is 389. The Kier molecular flexibility index (Phi) is 1.78. The summed E-state index contributed by atoms with van der Waals surface area (Å²) in [6, 6.07) is 3.00. The van der Waals surface area contributed by atoms with Crippen LogP contribution in [0.2, 0.25) is 5.02 Å². The minimum atomic E-state index is -0.623. The molecule has 3 nitrogen and oxygen atoms in total. The molecule has 13 heavy (non-hydrogen) atoms. The second kappa shape index (κ2) is 2.72. The highest BCUT2D eigenvalue weighted by Gasteiger charge is 2.30. The van der Waals surface area contributed by atoms with Crippen LogP contribution in [-0.2, 0) is 4.79 Å². The highest BCUT2D eigenvalue weighted by Crippen LogP contribution is 2.37. The van der Waals surface area contributed by atoms with Gasteiger partial charge in [-0.1, -0.05) is 17.7 Å². The van der Waals surface area contributed by atoms with E-state index in [2.05, 4.69) is 5.32 Å². The Morgan fingerprint density at radius 1 is 1.54 bits per heavy atom. The van der Waals surface area contributed by atoms with E-state index in [4.69, 9.17) is 17.3 Å². The quantitative estimate of drug-likeness (QED) is 0.662. The molecule has 1 aliphatic rings. The van der Waals surface area contributed by atoms with Crippen LogP contribution in [-0.4, -0.2) is 5.91 Å².